The number of primary sulfonamides is 1. The molecule has 0 saturated carbocycles. The minimum atomic E-state index is -3.85. The maximum atomic E-state index is 13.6. The highest BCUT2D eigenvalue weighted by molar-refractivity contribution is 7.89. The number of sulfonamides is 2. The number of benzene rings is 3. The molecule has 5 rings (SSSR count). The molecule has 13 heteroatoms. The summed E-state index contributed by atoms with van der Waals surface area (Å²) in [6, 6.07) is 21.5. The summed E-state index contributed by atoms with van der Waals surface area (Å²) in [6.07, 6.45) is 1.05. The zero-order chi connectivity index (χ0) is 33.0. The van der Waals surface area contributed by atoms with Crippen LogP contribution >= 0.6 is 0 Å². The topological polar surface area (TPSA) is 160 Å². The first-order valence-electron chi connectivity index (χ1n) is 15.6. The Morgan fingerprint density at radius 3 is 2.37 bits per heavy atom. The van der Waals surface area contributed by atoms with Crippen molar-refractivity contribution in [2.24, 2.45) is 5.14 Å². The van der Waals surface area contributed by atoms with E-state index < -0.39 is 31.8 Å². The van der Waals surface area contributed by atoms with Crippen molar-refractivity contribution in [2.75, 3.05) is 32.8 Å². The minimum Gasteiger partial charge on any atom is -0.491 e. The van der Waals surface area contributed by atoms with E-state index in [1.165, 1.54) is 23.8 Å². The molecule has 0 unspecified atom stereocenters. The molecule has 5 N–H and O–H groups in total. The minimum absolute atomic E-state index is 0.00717. The SMILES string of the molecule is CC(C)NCc1ccc(-c2cccc(S(=O)(=O)N3CCC4(CC3)C[C@@H](NC[C@H](O)COc3cccc(S(N)(=O)=O)c3)CO4)c2)cc1. The summed E-state index contributed by atoms with van der Waals surface area (Å²) in [5, 5.41) is 22.3. The van der Waals surface area contributed by atoms with Crippen molar-refractivity contribution < 1.29 is 31.4 Å². The van der Waals surface area contributed by atoms with Gasteiger partial charge in [0, 0.05) is 44.3 Å². The Morgan fingerprint density at radius 2 is 1.67 bits per heavy atom. The first kappa shape index (κ1) is 34.5. The number of piperidine rings is 1. The Labute approximate surface area is 272 Å². The predicted molar refractivity (Wildman–Crippen MR) is 176 cm³/mol. The molecule has 0 bridgehead atoms. The molecule has 2 aliphatic heterocycles. The van der Waals surface area contributed by atoms with E-state index in [2.05, 4.69) is 36.6 Å². The number of nitrogens with two attached hydrogens (primary N) is 1. The molecular weight excluding hydrogens is 629 g/mol. The lowest BCUT2D eigenvalue weighted by molar-refractivity contribution is -0.0312. The molecule has 2 fully saturated rings. The van der Waals surface area contributed by atoms with Crippen LogP contribution in [-0.2, 0) is 31.3 Å². The van der Waals surface area contributed by atoms with Crippen LogP contribution in [0, 0.1) is 0 Å². The van der Waals surface area contributed by atoms with Crippen molar-refractivity contribution in [1.82, 2.24) is 14.9 Å². The van der Waals surface area contributed by atoms with Gasteiger partial charge >= 0.3 is 0 Å². The van der Waals surface area contributed by atoms with Gasteiger partial charge in [0.1, 0.15) is 18.5 Å². The van der Waals surface area contributed by atoms with Gasteiger partial charge in [0.15, 0.2) is 0 Å². The lowest BCUT2D eigenvalue weighted by atomic mass is 9.88. The Balaban J connectivity index is 1.10. The van der Waals surface area contributed by atoms with Crippen molar-refractivity contribution in [2.45, 2.75) is 73.2 Å². The Kier molecular flexibility index (Phi) is 10.8. The fourth-order valence-corrected chi connectivity index (χ4v) is 7.91. The Bertz CT molecular complexity index is 1690. The number of nitrogens with zero attached hydrogens (tertiary/aromatic N) is 1. The predicted octanol–water partition coefficient (Wildman–Crippen LogP) is 2.84. The molecule has 2 heterocycles. The molecule has 2 atom stereocenters. The van der Waals surface area contributed by atoms with Gasteiger partial charge in [-0.15, -0.1) is 0 Å². The molecule has 250 valence electrons. The van der Waals surface area contributed by atoms with Crippen LogP contribution in [-0.4, -0.2) is 82.9 Å². The second-order valence-corrected chi connectivity index (χ2v) is 16.0. The highest BCUT2D eigenvalue weighted by Gasteiger charge is 2.44. The van der Waals surface area contributed by atoms with Crippen molar-refractivity contribution >= 4 is 20.0 Å². The molecule has 0 radical (unpaired) electrons. The van der Waals surface area contributed by atoms with E-state index in [1.54, 1.807) is 28.6 Å². The van der Waals surface area contributed by atoms with E-state index in [0.717, 1.165) is 17.7 Å². The molecule has 2 aliphatic rings. The van der Waals surface area contributed by atoms with Gasteiger partial charge < -0.3 is 25.2 Å². The smallest absolute Gasteiger partial charge is 0.243 e. The summed E-state index contributed by atoms with van der Waals surface area (Å²) in [7, 11) is -7.52. The maximum absolute atomic E-state index is 13.6. The van der Waals surface area contributed by atoms with E-state index in [4.69, 9.17) is 14.6 Å². The van der Waals surface area contributed by atoms with Gasteiger partial charge in [-0.05, 0) is 60.2 Å². The van der Waals surface area contributed by atoms with Crippen LogP contribution in [0.25, 0.3) is 11.1 Å². The lowest BCUT2D eigenvalue weighted by Crippen LogP contribution is -2.47. The maximum Gasteiger partial charge on any atom is 0.243 e. The molecule has 2 saturated heterocycles. The van der Waals surface area contributed by atoms with Gasteiger partial charge in [0.05, 0.1) is 22.0 Å². The third-order valence-electron chi connectivity index (χ3n) is 8.53. The Hall–Kier alpha value is -2.88. The van der Waals surface area contributed by atoms with Crippen LogP contribution < -0.4 is 20.5 Å². The third kappa shape index (κ3) is 8.72. The van der Waals surface area contributed by atoms with E-state index in [0.29, 0.717) is 50.8 Å². The fraction of sp³-hybridized carbons (Fsp3) is 0.455. The van der Waals surface area contributed by atoms with Gasteiger partial charge in [-0.1, -0.05) is 56.3 Å². The van der Waals surface area contributed by atoms with Crippen LogP contribution in [0.4, 0.5) is 0 Å². The van der Waals surface area contributed by atoms with Gasteiger partial charge in [0.25, 0.3) is 0 Å². The first-order valence-corrected chi connectivity index (χ1v) is 18.6. The second kappa shape index (κ2) is 14.5. The van der Waals surface area contributed by atoms with E-state index in [1.807, 2.05) is 18.2 Å². The summed E-state index contributed by atoms with van der Waals surface area (Å²) in [5.41, 5.74) is 2.59. The van der Waals surface area contributed by atoms with Crippen LogP contribution in [0.5, 0.6) is 5.75 Å². The number of rotatable bonds is 13. The van der Waals surface area contributed by atoms with Crippen molar-refractivity contribution in [3.05, 3.63) is 78.4 Å². The second-order valence-electron chi connectivity index (χ2n) is 12.5. The normalized spacial score (nSPS) is 19.5. The number of hydrogen-bond donors (Lipinski definition) is 4. The first-order chi connectivity index (χ1) is 21.8. The molecular formula is C33H44N4O7S2. The van der Waals surface area contributed by atoms with Crippen molar-refractivity contribution in [3.8, 4) is 16.9 Å². The van der Waals surface area contributed by atoms with Crippen LogP contribution in [0.15, 0.2) is 82.6 Å². The lowest BCUT2D eigenvalue weighted by Gasteiger charge is -2.38. The number of hydrogen-bond acceptors (Lipinski definition) is 9. The van der Waals surface area contributed by atoms with Crippen molar-refractivity contribution in [3.63, 3.8) is 0 Å². The molecule has 3 aromatic rings. The average molecular weight is 673 g/mol. The third-order valence-corrected chi connectivity index (χ3v) is 11.3. The van der Waals surface area contributed by atoms with E-state index in [-0.39, 0.29) is 29.0 Å². The average Bonchev–Trinajstić information content (AvgIpc) is 3.44. The van der Waals surface area contributed by atoms with Gasteiger partial charge in [-0.3, -0.25) is 0 Å². The number of nitrogens with one attached hydrogen (secondary N) is 2. The molecule has 1 spiro atoms. The molecule has 0 aromatic heterocycles. The Morgan fingerprint density at radius 1 is 0.978 bits per heavy atom. The van der Waals surface area contributed by atoms with Crippen LogP contribution in [0.2, 0.25) is 0 Å². The summed E-state index contributed by atoms with van der Waals surface area (Å²) < 4.78 is 63.7. The van der Waals surface area contributed by atoms with Gasteiger partial charge in [-0.2, -0.15) is 4.31 Å². The monoisotopic (exact) mass is 672 g/mol. The molecule has 11 nitrogen and oxygen atoms in total. The zero-order valence-corrected chi connectivity index (χ0v) is 27.9. The number of aliphatic hydroxyl groups excluding tert-OH is 1. The van der Waals surface area contributed by atoms with E-state index in [9.17, 15) is 21.9 Å². The number of aliphatic hydroxyl groups is 1. The highest BCUT2D eigenvalue weighted by atomic mass is 32.2. The molecule has 0 amide bonds. The number of ether oxygens (including phenoxy) is 2. The summed E-state index contributed by atoms with van der Waals surface area (Å²) >= 11 is 0. The fourth-order valence-electron chi connectivity index (χ4n) is 5.88. The summed E-state index contributed by atoms with van der Waals surface area (Å²) in [6.45, 7) is 6.42. The standard InChI is InChI=1S/C33H44N4O7S2/c1-24(2)35-20-25-9-11-26(12-10-25)27-5-3-8-32(17-27)46(41,42)37-15-13-33(14-16-37)19-28(22-44-33)36-21-29(38)23-43-30-6-4-7-31(18-30)45(34,39)40/h3-12,17-18,24,28-29,35-36,38H,13-16,19-23H2,1-2H3,(H2,34,39,40)/t28-,29+/m1/s1. The summed E-state index contributed by atoms with van der Waals surface area (Å²) in [5.74, 6) is 0.297. The van der Waals surface area contributed by atoms with Crippen molar-refractivity contribution in [1.29, 1.82) is 0 Å². The van der Waals surface area contributed by atoms with Gasteiger partial charge in [0.2, 0.25) is 20.0 Å². The molecule has 46 heavy (non-hydrogen) atoms. The largest absolute Gasteiger partial charge is 0.491 e. The zero-order valence-electron chi connectivity index (χ0n) is 26.3. The van der Waals surface area contributed by atoms with Crippen LogP contribution in [0.1, 0.15) is 38.7 Å². The highest BCUT2D eigenvalue weighted by Crippen LogP contribution is 2.37. The molecule has 0 aliphatic carbocycles. The molecule has 3 aromatic carbocycles. The summed E-state index contributed by atoms with van der Waals surface area (Å²) in [4.78, 5) is 0.223. The quantitative estimate of drug-likeness (QED) is 0.214. The van der Waals surface area contributed by atoms with Gasteiger partial charge in [-0.25, -0.2) is 22.0 Å². The van der Waals surface area contributed by atoms with E-state index >= 15 is 0 Å². The van der Waals surface area contributed by atoms with Crippen LogP contribution in [0.3, 0.4) is 0 Å².